The lowest BCUT2D eigenvalue weighted by molar-refractivity contribution is 0.248. The van der Waals surface area contributed by atoms with E-state index in [1.807, 2.05) is 36.5 Å². The average molecular weight is 150 g/mol. The van der Waals surface area contributed by atoms with E-state index in [0.29, 0.717) is 0 Å². The van der Waals surface area contributed by atoms with Crippen LogP contribution in [0.2, 0.25) is 0 Å². The second-order valence-electron chi connectivity index (χ2n) is 2.19. The zero-order valence-corrected chi connectivity index (χ0v) is 6.03. The molecule has 0 unspecified atom stereocenters. The molecule has 1 aliphatic carbocycles. The third-order valence-electron chi connectivity index (χ3n) is 1.28. The molecule has 58 valence electrons. The number of hydrogen-bond acceptors (Lipinski definition) is 1. The van der Waals surface area contributed by atoms with Gasteiger partial charge >= 0.3 is 6.03 Å². The second kappa shape index (κ2) is 3.61. The topological polar surface area (TPSA) is 55.1 Å². The lowest BCUT2D eigenvalue weighted by atomic mass is 10.2. The molecule has 0 bridgehead atoms. The Labute approximate surface area is 65.3 Å². The van der Waals surface area contributed by atoms with Crippen molar-refractivity contribution in [1.29, 1.82) is 0 Å². The summed E-state index contributed by atoms with van der Waals surface area (Å²) < 4.78 is 0. The Morgan fingerprint density at radius 2 is 1.73 bits per heavy atom. The number of nitrogens with two attached hydrogens (primary N) is 1. The summed E-state index contributed by atoms with van der Waals surface area (Å²) in [4.78, 5) is 10.4. The van der Waals surface area contributed by atoms with Gasteiger partial charge in [-0.25, -0.2) is 4.79 Å². The van der Waals surface area contributed by atoms with Crippen LogP contribution in [0.15, 0.2) is 36.5 Å². The summed E-state index contributed by atoms with van der Waals surface area (Å²) in [6.07, 6.45) is 11.2. The average Bonchev–Trinajstić information content (AvgIpc) is 2.14. The zero-order chi connectivity index (χ0) is 8.10. The summed E-state index contributed by atoms with van der Waals surface area (Å²) in [5.74, 6) is 0. The molecular formula is C8H10N2O. The molecule has 0 radical (unpaired) electrons. The number of allylic oxidation sites excluding steroid dienone is 4. The number of primary amides is 1. The molecule has 3 N–H and O–H groups in total. The largest absolute Gasteiger partial charge is 0.352 e. The van der Waals surface area contributed by atoms with Crippen molar-refractivity contribution in [2.24, 2.45) is 5.73 Å². The van der Waals surface area contributed by atoms with E-state index in [1.165, 1.54) is 0 Å². The van der Waals surface area contributed by atoms with E-state index in [2.05, 4.69) is 5.32 Å². The van der Waals surface area contributed by atoms with Crippen LogP contribution in [0.3, 0.4) is 0 Å². The van der Waals surface area contributed by atoms with Crippen molar-refractivity contribution in [3.05, 3.63) is 36.5 Å². The second-order valence-corrected chi connectivity index (χ2v) is 2.19. The van der Waals surface area contributed by atoms with E-state index in [-0.39, 0.29) is 6.04 Å². The van der Waals surface area contributed by atoms with Gasteiger partial charge in [0.15, 0.2) is 0 Å². The van der Waals surface area contributed by atoms with Crippen molar-refractivity contribution >= 4 is 6.03 Å². The fourth-order valence-electron chi connectivity index (χ4n) is 0.821. The Kier molecular flexibility index (Phi) is 2.49. The van der Waals surface area contributed by atoms with E-state index < -0.39 is 6.03 Å². The van der Waals surface area contributed by atoms with Crippen LogP contribution >= 0.6 is 0 Å². The summed E-state index contributed by atoms with van der Waals surface area (Å²) >= 11 is 0. The molecule has 0 aromatic carbocycles. The van der Waals surface area contributed by atoms with Crippen LogP contribution in [0.25, 0.3) is 0 Å². The highest BCUT2D eigenvalue weighted by Crippen LogP contribution is 1.95. The zero-order valence-electron chi connectivity index (χ0n) is 6.03. The summed E-state index contributed by atoms with van der Waals surface area (Å²) in [5.41, 5.74) is 4.94. The molecule has 0 spiro atoms. The molecule has 0 saturated carbocycles. The molecule has 0 aliphatic heterocycles. The molecule has 2 amide bonds. The van der Waals surface area contributed by atoms with Crippen LogP contribution in [-0.4, -0.2) is 12.1 Å². The van der Waals surface area contributed by atoms with Gasteiger partial charge in [-0.05, 0) is 0 Å². The number of carbonyl (C=O) groups excluding carboxylic acids is 1. The van der Waals surface area contributed by atoms with Crippen molar-refractivity contribution in [2.75, 3.05) is 0 Å². The SMILES string of the molecule is NC(=O)NC1C=CC=CC=C1. The number of rotatable bonds is 1. The number of nitrogens with one attached hydrogen (secondary N) is 1. The Morgan fingerprint density at radius 1 is 1.18 bits per heavy atom. The lowest BCUT2D eigenvalue weighted by Crippen LogP contribution is -2.36. The molecule has 0 aromatic heterocycles. The maximum Gasteiger partial charge on any atom is 0.312 e. The van der Waals surface area contributed by atoms with Gasteiger partial charge in [-0.1, -0.05) is 36.5 Å². The van der Waals surface area contributed by atoms with Crippen LogP contribution in [0.5, 0.6) is 0 Å². The van der Waals surface area contributed by atoms with Crippen LogP contribution in [0, 0.1) is 0 Å². The maximum absolute atomic E-state index is 10.4. The first kappa shape index (κ1) is 7.60. The highest BCUT2D eigenvalue weighted by molar-refractivity contribution is 5.72. The number of carbonyl (C=O) groups is 1. The number of hydrogen-bond donors (Lipinski definition) is 2. The molecule has 0 saturated heterocycles. The van der Waals surface area contributed by atoms with Crippen molar-refractivity contribution in [2.45, 2.75) is 6.04 Å². The lowest BCUT2D eigenvalue weighted by Gasteiger charge is -2.05. The number of urea groups is 1. The van der Waals surface area contributed by atoms with Crippen molar-refractivity contribution in [3.8, 4) is 0 Å². The molecule has 3 heteroatoms. The van der Waals surface area contributed by atoms with Gasteiger partial charge in [-0.15, -0.1) is 0 Å². The molecule has 3 nitrogen and oxygen atoms in total. The molecule has 0 atom stereocenters. The van der Waals surface area contributed by atoms with Crippen LogP contribution in [-0.2, 0) is 0 Å². The van der Waals surface area contributed by atoms with Gasteiger partial charge in [0.05, 0.1) is 6.04 Å². The molecule has 1 rings (SSSR count). The molecule has 0 heterocycles. The van der Waals surface area contributed by atoms with E-state index in [1.54, 1.807) is 0 Å². The first-order valence-electron chi connectivity index (χ1n) is 3.36. The molecule has 1 aliphatic rings. The van der Waals surface area contributed by atoms with Gasteiger partial charge in [0.2, 0.25) is 0 Å². The first-order chi connectivity index (χ1) is 5.29. The minimum absolute atomic E-state index is 0.0810. The Morgan fingerprint density at radius 3 is 2.18 bits per heavy atom. The quantitative estimate of drug-likeness (QED) is 0.568. The monoisotopic (exact) mass is 150 g/mol. The van der Waals surface area contributed by atoms with Gasteiger partial charge in [0.25, 0.3) is 0 Å². The molecule has 0 fully saturated rings. The Hall–Kier alpha value is -1.51. The third-order valence-corrected chi connectivity index (χ3v) is 1.28. The standard InChI is InChI=1S/C8H10N2O/c9-8(11)10-7-5-3-1-2-4-6-7/h1-7H,(H3,9,10,11). The summed E-state index contributed by atoms with van der Waals surface area (Å²) in [6.45, 7) is 0. The molecule has 11 heavy (non-hydrogen) atoms. The van der Waals surface area contributed by atoms with Crippen LogP contribution in [0.4, 0.5) is 4.79 Å². The summed E-state index contributed by atoms with van der Waals surface area (Å²) in [7, 11) is 0. The first-order valence-corrected chi connectivity index (χ1v) is 3.36. The van der Waals surface area contributed by atoms with Gasteiger partial charge in [-0.3, -0.25) is 0 Å². The minimum atomic E-state index is -0.508. The normalized spacial score (nSPS) is 16.4. The van der Waals surface area contributed by atoms with Crippen molar-refractivity contribution < 1.29 is 4.79 Å². The van der Waals surface area contributed by atoms with E-state index in [9.17, 15) is 4.79 Å². The Balaban J connectivity index is 2.53. The van der Waals surface area contributed by atoms with Crippen molar-refractivity contribution in [1.82, 2.24) is 5.32 Å². The van der Waals surface area contributed by atoms with E-state index in [0.717, 1.165) is 0 Å². The van der Waals surface area contributed by atoms with Gasteiger partial charge in [0, 0.05) is 0 Å². The highest BCUT2D eigenvalue weighted by atomic mass is 16.2. The minimum Gasteiger partial charge on any atom is -0.352 e. The predicted octanol–water partition coefficient (Wildman–Crippen LogP) is 0.706. The van der Waals surface area contributed by atoms with Gasteiger partial charge < -0.3 is 11.1 Å². The smallest absolute Gasteiger partial charge is 0.312 e. The Bertz CT molecular complexity index is 212. The van der Waals surface area contributed by atoms with E-state index >= 15 is 0 Å². The predicted molar refractivity (Wildman–Crippen MR) is 43.9 cm³/mol. The van der Waals surface area contributed by atoms with E-state index in [4.69, 9.17) is 5.73 Å². The number of amides is 2. The van der Waals surface area contributed by atoms with Crippen molar-refractivity contribution in [3.63, 3.8) is 0 Å². The molecular weight excluding hydrogens is 140 g/mol. The molecule has 0 aromatic rings. The maximum atomic E-state index is 10.4. The van der Waals surface area contributed by atoms with Crippen LogP contribution in [0.1, 0.15) is 0 Å². The fraction of sp³-hybridized carbons (Fsp3) is 0.125. The summed E-state index contributed by atoms with van der Waals surface area (Å²) in [6, 6.07) is -0.589. The fourth-order valence-corrected chi connectivity index (χ4v) is 0.821. The summed E-state index contributed by atoms with van der Waals surface area (Å²) in [5, 5.41) is 2.55. The third kappa shape index (κ3) is 2.71. The highest BCUT2D eigenvalue weighted by Gasteiger charge is 2.00. The van der Waals surface area contributed by atoms with Gasteiger partial charge in [-0.2, -0.15) is 0 Å². The van der Waals surface area contributed by atoms with Gasteiger partial charge in [0.1, 0.15) is 0 Å². The van der Waals surface area contributed by atoms with Crippen LogP contribution < -0.4 is 11.1 Å².